The van der Waals surface area contributed by atoms with Gasteiger partial charge in [-0.25, -0.2) is 4.79 Å². The summed E-state index contributed by atoms with van der Waals surface area (Å²) in [6.07, 6.45) is 0.184. The van der Waals surface area contributed by atoms with Crippen LogP contribution in [0.4, 0.5) is 18.9 Å². The first-order valence-electron chi connectivity index (χ1n) is 11.5. The van der Waals surface area contributed by atoms with E-state index in [1.807, 2.05) is 30.3 Å². The lowest BCUT2D eigenvalue weighted by atomic mass is 10.1. The number of rotatable bonds is 7. The number of hydrogen-bond donors (Lipinski definition) is 1. The second kappa shape index (κ2) is 10.3. The van der Waals surface area contributed by atoms with Crippen molar-refractivity contribution >= 4 is 29.7 Å². The second-order valence-corrected chi connectivity index (χ2v) is 8.13. The van der Waals surface area contributed by atoms with Gasteiger partial charge in [0.15, 0.2) is 0 Å². The first kappa shape index (κ1) is 25.0. The van der Waals surface area contributed by atoms with E-state index in [9.17, 15) is 22.8 Å². The Morgan fingerprint density at radius 3 is 2.53 bits per heavy atom. The third kappa shape index (κ3) is 5.27. The number of hydrogen-bond acceptors (Lipinski definition) is 5. The van der Waals surface area contributed by atoms with Gasteiger partial charge >= 0.3 is 12.1 Å². The number of pyridine rings is 1. The van der Waals surface area contributed by atoms with Crippen LogP contribution in [0.3, 0.4) is 0 Å². The highest BCUT2D eigenvalue weighted by atomic mass is 19.4. The first-order chi connectivity index (χ1) is 17.2. The van der Waals surface area contributed by atoms with Crippen LogP contribution in [0.2, 0.25) is 0 Å². The summed E-state index contributed by atoms with van der Waals surface area (Å²) in [5.41, 5.74) is 3.57. The molecule has 1 aliphatic heterocycles. The monoisotopic (exact) mass is 498 g/mol. The zero-order chi connectivity index (χ0) is 25.9. The molecule has 36 heavy (non-hydrogen) atoms. The number of fused-ring (bicyclic) bond motifs is 1. The number of halogens is 3. The number of carbonyl (C=O) groups is 2. The number of amides is 1. The Morgan fingerprint density at radius 2 is 1.86 bits per heavy atom. The summed E-state index contributed by atoms with van der Waals surface area (Å²) in [7, 11) is 0. The average Bonchev–Trinajstić information content (AvgIpc) is 3.23. The van der Waals surface area contributed by atoms with Crippen molar-refractivity contribution in [2.75, 3.05) is 24.5 Å². The van der Waals surface area contributed by atoms with Crippen molar-refractivity contribution in [3.63, 3.8) is 0 Å². The van der Waals surface area contributed by atoms with E-state index in [0.717, 1.165) is 29.1 Å². The van der Waals surface area contributed by atoms with Crippen LogP contribution < -0.4 is 15.1 Å². The largest absolute Gasteiger partial charge is 0.493 e. The third-order valence-electron chi connectivity index (χ3n) is 5.90. The molecule has 10 heteroatoms. The molecule has 0 bridgehead atoms. The van der Waals surface area contributed by atoms with Gasteiger partial charge in [0, 0.05) is 43.5 Å². The van der Waals surface area contributed by atoms with Crippen molar-refractivity contribution in [3.05, 3.63) is 71.2 Å². The molecule has 1 N–H and O–H groups in total. The van der Waals surface area contributed by atoms with Gasteiger partial charge in [0.1, 0.15) is 0 Å². The van der Waals surface area contributed by atoms with Gasteiger partial charge in [-0.3, -0.25) is 9.78 Å². The Kier molecular flexibility index (Phi) is 7.14. The highest BCUT2D eigenvalue weighted by Gasteiger charge is 2.43. The van der Waals surface area contributed by atoms with Crippen LogP contribution in [-0.4, -0.2) is 47.4 Å². The molecule has 1 aliphatic rings. The van der Waals surface area contributed by atoms with Crippen LogP contribution in [0.1, 0.15) is 41.2 Å². The van der Waals surface area contributed by atoms with E-state index in [1.54, 1.807) is 18.2 Å². The maximum absolute atomic E-state index is 12.9. The summed E-state index contributed by atoms with van der Waals surface area (Å²) in [4.78, 5) is 35.1. The molecule has 0 atom stereocenters. The van der Waals surface area contributed by atoms with Crippen LogP contribution in [0.5, 0.6) is 0 Å². The summed E-state index contributed by atoms with van der Waals surface area (Å²) in [6, 6.07) is 12.7. The molecule has 0 unspecified atom stereocenters. The van der Waals surface area contributed by atoms with E-state index in [0.29, 0.717) is 11.3 Å². The minimum absolute atomic E-state index is 0.148. The van der Waals surface area contributed by atoms with Crippen LogP contribution in [0.25, 0.3) is 23.4 Å². The van der Waals surface area contributed by atoms with Gasteiger partial charge in [-0.1, -0.05) is 18.2 Å². The lowest BCUT2D eigenvalue weighted by molar-refractivity contribution is -0.199. The number of nitrogens with one attached hydrogen (secondary N) is 1. The van der Waals surface area contributed by atoms with E-state index in [4.69, 9.17) is 4.84 Å². The Bertz CT molecular complexity index is 1290. The Hall–Kier alpha value is -4.08. The van der Waals surface area contributed by atoms with E-state index in [2.05, 4.69) is 29.0 Å². The molecule has 0 fully saturated rings. The molecule has 4 rings (SSSR count). The molecule has 188 valence electrons. The first-order valence-corrected chi connectivity index (χ1v) is 11.5. The van der Waals surface area contributed by atoms with Gasteiger partial charge in [0.05, 0.1) is 22.6 Å². The van der Waals surface area contributed by atoms with Gasteiger partial charge in [0.2, 0.25) is 0 Å². The molecule has 3 heterocycles. The molecule has 2 aromatic heterocycles. The topological polar surface area (TPSA) is 76.5 Å². The fourth-order valence-electron chi connectivity index (χ4n) is 4.06. The standard InChI is InChI=1S/C26H25F3N4O3/c1-3-32(4-2)20-9-6-17(7-10-20)5-8-19-15-18(11-13-30-19)23-16-21-22(12-14-31-24(21)34)33(23)36-25(35)26(27,28)29/h5-11,13,15-16H,3-4,12,14H2,1-2H3,(H,31,34). The van der Waals surface area contributed by atoms with Gasteiger partial charge in [-0.2, -0.15) is 17.9 Å². The van der Waals surface area contributed by atoms with E-state index < -0.39 is 18.1 Å². The number of nitrogens with zero attached hydrogens (tertiary/aromatic N) is 3. The number of anilines is 1. The summed E-state index contributed by atoms with van der Waals surface area (Å²) >= 11 is 0. The summed E-state index contributed by atoms with van der Waals surface area (Å²) < 4.78 is 39.6. The summed E-state index contributed by atoms with van der Waals surface area (Å²) in [6.45, 7) is 6.23. The molecule has 0 aliphatic carbocycles. The smallest absolute Gasteiger partial charge is 0.372 e. The number of alkyl halides is 3. The van der Waals surface area contributed by atoms with Crippen LogP contribution >= 0.6 is 0 Å². The Morgan fingerprint density at radius 1 is 1.14 bits per heavy atom. The zero-order valence-corrected chi connectivity index (χ0v) is 19.8. The minimum Gasteiger partial charge on any atom is -0.372 e. The Labute approximate surface area is 206 Å². The molecule has 7 nitrogen and oxygen atoms in total. The maximum atomic E-state index is 12.9. The molecular weight excluding hydrogens is 473 g/mol. The lowest BCUT2D eigenvalue weighted by Gasteiger charge is -2.20. The van der Waals surface area contributed by atoms with Crippen LogP contribution in [0.15, 0.2) is 48.7 Å². The SMILES string of the molecule is CCN(CC)c1ccc(C=Cc2cc(-c3cc4c(n3OC(=O)C(F)(F)F)CCNC4=O)ccn2)cc1. The van der Waals surface area contributed by atoms with Crippen molar-refractivity contribution in [2.24, 2.45) is 0 Å². The predicted octanol–water partition coefficient (Wildman–Crippen LogP) is 4.37. The average molecular weight is 499 g/mol. The third-order valence-corrected chi connectivity index (χ3v) is 5.90. The molecule has 0 spiro atoms. The molecule has 0 saturated carbocycles. The van der Waals surface area contributed by atoms with Gasteiger partial charge in [0.25, 0.3) is 5.91 Å². The molecule has 0 saturated heterocycles. The lowest BCUT2D eigenvalue weighted by Crippen LogP contribution is -2.37. The van der Waals surface area contributed by atoms with Crippen molar-refractivity contribution in [2.45, 2.75) is 26.4 Å². The van der Waals surface area contributed by atoms with E-state index >= 15 is 0 Å². The van der Waals surface area contributed by atoms with Crippen LogP contribution in [0, 0.1) is 0 Å². The van der Waals surface area contributed by atoms with Crippen LogP contribution in [-0.2, 0) is 11.2 Å². The highest BCUT2D eigenvalue weighted by molar-refractivity contribution is 5.98. The summed E-state index contributed by atoms with van der Waals surface area (Å²) in [5.74, 6) is -2.81. The summed E-state index contributed by atoms with van der Waals surface area (Å²) in [5, 5.41) is 2.64. The zero-order valence-electron chi connectivity index (χ0n) is 19.8. The molecule has 3 aromatic rings. The fourth-order valence-corrected chi connectivity index (χ4v) is 4.06. The number of aromatic nitrogens is 2. The molecular formula is C26H25F3N4O3. The van der Waals surface area contributed by atoms with Crippen molar-refractivity contribution in [1.82, 2.24) is 15.0 Å². The van der Waals surface area contributed by atoms with Gasteiger partial charge in [-0.05, 0) is 55.8 Å². The normalized spacial score (nSPS) is 13.4. The number of benzene rings is 1. The molecule has 1 amide bonds. The highest BCUT2D eigenvalue weighted by Crippen LogP contribution is 2.29. The number of carbonyl (C=O) groups excluding carboxylic acids is 2. The molecule has 1 aromatic carbocycles. The van der Waals surface area contributed by atoms with Gasteiger partial charge in [-0.15, -0.1) is 0 Å². The quantitative estimate of drug-likeness (QED) is 0.524. The van der Waals surface area contributed by atoms with Crippen molar-refractivity contribution in [3.8, 4) is 11.3 Å². The van der Waals surface area contributed by atoms with Crippen molar-refractivity contribution in [1.29, 1.82) is 0 Å². The Balaban J connectivity index is 1.65. The van der Waals surface area contributed by atoms with E-state index in [-0.39, 0.29) is 29.9 Å². The van der Waals surface area contributed by atoms with E-state index in [1.165, 1.54) is 12.3 Å². The fraction of sp³-hybridized carbons (Fsp3) is 0.269. The molecule has 0 radical (unpaired) electrons. The minimum atomic E-state index is -5.18. The second-order valence-electron chi connectivity index (χ2n) is 8.13. The maximum Gasteiger partial charge on any atom is 0.493 e. The predicted molar refractivity (Wildman–Crippen MR) is 130 cm³/mol. The van der Waals surface area contributed by atoms with Crippen molar-refractivity contribution < 1.29 is 27.6 Å². The van der Waals surface area contributed by atoms with Gasteiger partial charge < -0.3 is 15.1 Å².